The number of benzene rings is 1. The maximum absolute atomic E-state index is 11.2. The largest absolute Gasteiger partial charge is 0.481 e. The lowest BCUT2D eigenvalue weighted by molar-refractivity contribution is -0.135. The number of Topliss-reactive ketones (excluding diaryl/α,β-unsaturated/α-hetero) is 1. The molecule has 0 atom stereocenters. The molecule has 1 N–H and O–H groups in total. The van der Waals surface area contributed by atoms with Crippen LogP contribution in [0.2, 0.25) is 0 Å². The molecule has 1 aromatic carbocycles. The van der Waals surface area contributed by atoms with Crippen molar-refractivity contribution in [3.8, 4) is 0 Å². The molecule has 1 rings (SSSR count). The number of carbonyl (C=O) groups excluding carboxylic acids is 1. The highest BCUT2D eigenvalue weighted by Crippen LogP contribution is 2.12. The molecule has 0 amide bonds. The zero-order valence-corrected chi connectivity index (χ0v) is 8.24. The van der Waals surface area contributed by atoms with E-state index < -0.39 is 12.4 Å². The molecule has 0 unspecified atom stereocenters. The van der Waals surface area contributed by atoms with E-state index in [4.69, 9.17) is 5.11 Å². The lowest BCUT2D eigenvalue weighted by atomic mass is 10.1. The number of carbonyl (C=O) groups is 2. The van der Waals surface area contributed by atoms with Gasteiger partial charge in [-0.2, -0.15) is 0 Å². The average molecular weight is 243 g/mol. The van der Waals surface area contributed by atoms with Crippen LogP contribution in [-0.4, -0.2) is 16.9 Å². The molecule has 0 saturated carbocycles. The van der Waals surface area contributed by atoms with E-state index in [0.29, 0.717) is 5.56 Å². The summed E-state index contributed by atoms with van der Waals surface area (Å²) in [5.74, 6) is -1.49. The highest BCUT2D eigenvalue weighted by molar-refractivity contribution is 9.10. The zero-order valence-electron chi connectivity index (χ0n) is 6.66. The van der Waals surface area contributed by atoms with Gasteiger partial charge in [0.15, 0.2) is 5.78 Å². The molecule has 0 aliphatic carbocycles. The van der Waals surface area contributed by atoms with Crippen LogP contribution in [0, 0.1) is 0 Å². The van der Waals surface area contributed by atoms with E-state index >= 15 is 0 Å². The van der Waals surface area contributed by atoms with Crippen molar-refractivity contribution in [3.63, 3.8) is 0 Å². The Morgan fingerprint density at radius 1 is 1.38 bits per heavy atom. The highest BCUT2D eigenvalue weighted by Gasteiger charge is 2.09. The van der Waals surface area contributed by atoms with Crippen LogP contribution in [0.5, 0.6) is 0 Å². The van der Waals surface area contributed by atoms with Crippen LogP contribution in [0.1, 0.15) is 16.8 Å². The summed E-state index contributed by atoms with van der Waals surface area (Å²) < 4.78 is 0.767. The Hall–Kier alpha value is -1.16. The third kappa shape index (κ3) is 2.99. The number of ketones is 1. The van der Waals surface area contributed by atoms with E-state index in [1.807, 2.05) is 0 Å². The number of hydrogen-bond acceptors (Lipinski definition) is 2. The van der Waals surface area contributed by atoms with Crippen LogP contribution >= 0.6 is 15.9 Å². The number of rotatable bonds is 3. The molecule has 0 aliphatic heterocycles. The molecule has 68 valence electrons. The van der Waals surface area contributed by atoms with E-state index in [-0.39, 0.29) is 5.78 Å². The minimum atomic E-state index is -1.11. The minimum absolute atomic E-state index is 0.381. The zero-order chi connectivity index (χ0) is 9.84. The number of hydrogen-bond donors (Lipinski definition) is 1. The lowest BCUT2D eigenvalue weighted by Gasteiger charge is -1.97. The van der Waals surface area contributed by atoms with Gasteiger partial charge < -0.3 is 5.11 Å². The monoisotopic (exact) mass is 242 g/mol. The van der Waals surface area contributed by atoms with Gasteiger partial charge in [-0.25, -0.2) is 0 Å². The Balaban J connectivity index is 2.83. The summed E-state index contributed by atoms with van der Waals surface area (Å²) >= 11 is 3.20. The first kappa shape index (κ1) is 9.92. The van der Waals surface area contributed by atoms with Crippen molar-refractivity contribution >= 4 is 27.7 Å². The van der Waals surface area contributed by atoms with Gasteiger partial charge in [0.1, 0.15) is 6.42 Å². The minimum Gasteiger partial charge on any atom is -0.481 e. The Bertz CT molecular complexity index is 346. The van der Waals surface area contributed by atoms with Crippen LogP contribution in [0.15, 0.2) is 28.7 Å². The summed E-state index contributed by atoms with van der Waals surface area (Å²) in [7, 11) is 0. The first-order valence-electron chi connectivity index (χ1n) is 3.60. The molecule has 0 fully saturated rings. The maximum atomic E-state index is 11.2. The van der Waals surface area contributed by atoms with Gasteiger partial charge in [0.05, 0.1) is 0 Å². The van der Waals surface area contributed by atoms with Crippen molar-refractivity contribution in [2.45, 2.75) is 6.42 Å². The number of halogens is 1. The van der Waals surface area contributed by atoms with Gasteiger partial charge >= 0.3 is 5.97 Å². The first-order valence-corrected chi connectivity index (χ1v) is 4.39. The molecule has 0 heterocycles. The van der Waals surface area contributed by atoms with Gasteiger partial charge in [0, 0.05) is 10.0 Å². The van der Waals surface area contributed by atoms with Gasteiger partial charge in [0.2, 0.25) is 0 Å². The fraction of sp³-hybridized carbons (Fsp3) is 0.111. The highest BCUT2D eigenvalue weighted by atomic mass is 79.9. The average Bonchev–Trinajstić information content (AvgIpc) is 2.03. The van der Waals surface area contributed by atoms with Crippen molar-refractivity contribution in [2.24, 2.45) is 0 Å². The van der Waals surface area contributed by atoms with Gasteiger partial charge in [-0.3, -0.25) is 9.59 Å². The van der Waals surface area contributed by atoms with Crippen molar-refractivity contribution in [1.29, 1.82) is 0 Å². The summed E-state index contributed by atoms with van der Waals surface area (Å²) in [5.41, 5.74) is 0.414. The second kappa shape index (κ2) is 4.18. The molecule has 1 aromatic rings. The molecule has 13 heavy (non-hydrogen) atoms. The van der Waals surface area contributed by atoms with Crippen molar-refractivity contribution in [2.75, 3.05) is 0 Å². The van der Waals surface area contributed by atoms with Crippen molar-refractivity contribution < 1.29 is 14.7 Å². The van der Waals surface area contributed by atoms with Gasteiger partial charge in [-0.15, -0.1) is 0 Å². The standard InChI is InChI=1S/C9H7BrO3/c10-7-3-1-2-6(4-7)8(11)5-9(12)13/h1-4H,5H2,(H,12,13). The van der Waals surface area contributed by atoms with Crippen molar-refractivity contribution in [1.82, 2.24) is 0 Å². The van der Waals surface area contributed by atoms with Crippen LogP contribution < -0.4 is 0 Å². The Morgan fingerprint density at radius 3 is 2.62 bits per heavy atom. The predicted molar refractivity (Wildman–Crippen MR) is 50.7 cm³/mol. The molecular formula is C9H7BrO3. The van der Waals surface area contributed by atoms with Gasteiger partial charge in [-0.05, 0) is 12.1 Å². The number of aliphatic carboxylic acids is 1. The summed E-state index contributed by atoms with van der Waals surface area (Å²) in [5, 5.41) is 8.38. The van der Waals surface area contributed by atoms with E-state index in [1.54, 1.807) is 24.3 Å². The molecule has 0 spiro atoms. The molecule has 0 radical (unpaired) electrons. The fourth-order valence-corrected chi connectivity index (χ4v) is 1.30. The SMILES string of the molecule is O=C(O)CC(=O)c1cccc(Br)c1. The quantitative estimate of drug-likeness (QED) is 0.653. The first-order chi connectivity index (χ1) is 6.09. The third-order valence-electron chi connectivity index (χ3n) is 1.46. The summed E-state index contributed by atoms with van der Waals surface area (Å²) in [6.45, 7) is 0. The molecule has 0 aromatic heterocycles. The van der Waals surface area contributed by atoms with Gasteiger partial charge in [-0.1, -0.05) is 28.1 Å². The van der Waals surface area contributed by atoms with Gasteiger partial charge in [0.25, 0.3) is 0 Å². The molecule has 0 aliphatic rings. The second-order valence-corrected chi connectivity index (χ2v) is 3.42. The Labute approximate surface area is 83.5 Å². The summed E-state index contributed by atoms with van der Waals surface area (Å²) in [4.78, 5) is 21.4. The third-order valence-corrected chi connectivity index (χ3v) is 1.95. The van der Waals surface area contributed by atoms with Crippen molar-refractivity contribution in [3.05, 3.63) is 34.3 Å². The van der Waals surface area contributed by atoms with E-state index in [9.17, 15) is 9.59 Å². The van der Waals surface area contributed by atoms with E-state index in [0.717, 1.165) is 4.47 Å². The molecule has 4 heteroatoms. The molecule has 0 saturated heterocycles. The fourth-order valence-electron chi connectivity index (χ4n) is 0.901. The second-order valence-electron chi connectivity index (χ2n) is 2.50. The predicted octanol–water partition coefficient (Wildman–Crippen LogP) is 2.11. The smallest absolute Gasteiger partial charge is 0.311 e. The van der Waals surface area contributed by atoms with Crippen LogP contribution in [-0.2, 0) is 4.79 Å². The van der Waals surface area contributed by atoms with E-state index in [2.05, 4.69) is 15.9 Å². The lowest BCUT2D eigenvalue weighted by Crippen LogP contribution is -2.06. The Morgan fingerprint density at radius 2 is 2.08 bits per heavy atom. The summed E-state index contributed by atoms with van der Waals surface area (Å²) in [6, 6.07) is 6.66. The molecule has 0 bridgehead atoms. The number of carboxylic acid groups (broad SMARTS) is 1. The maximum Gasteiger partial charge on any atom is 0.311 e. The summed E-state index contributed by atoms with van der Waals surface area (Å²) in [6.07, 6.45) is -0.462. The normalized spacial score (nSPS) is 9.62. The van der Waals surface area contributed by atoms with E-state index in [1.165, 1.54) is 0 Å². The Kier molecular flexibility index (Phi) is 3.19. The molecular weight excluding hydrogens is 236 g/mol. The van der Waals surface area contributed by atoms with Crippen LogP contribution in [0.25, 0.3) is 0 Å². The van der Waals surface area contributed by atoms with Crippen LogP contribution in [0.3, 0.4) is 0 Å². The number of carboxylic acids is 1. The topological polar surface area (TPSA) is 54.4 Å². The molecule has 3 nitrogen and oxygen atoms in total. The van der Waals surface area contributed by atoms with Crippen LogP contribution in [0.4, 0.5) is 0 Å².